The predicted molar refractivity (Wildman–Crippen MR) is 97.6 cm³/mol. The minimum absolute atomic E-state index is 0.0589. The molecule has 25 heavy (non-hydrogen) atoms. The zero-order chi connectivity index (χ0) is 19.0. The van der Waals surface area contributed by atoms with Crippen molar-refractivity contribution in [3.05, 3.63) is 35.9 Å². The molecule has 0 aliphatic carbocycles. The van der Waals surface area contributed by atoms with E-state index in [9.17, 15) is 14.7 Å². The van der Waals surface area contributed by atoms with Crippen LogP contribution in [0.1, 0.15) is 40.2 Å². The maximum atomic E-state index is 12.1. The Hall–Kier alpha value is -2.08. The lowest BCUT2D eigenvalue weighted by atomic mass is 10.0. The third-order valence-electron chi connectivity index (χ3n) is 3.56. The molecule has 2 unspecified atom stereocenters. The summed E-state index contributed by atoms with van der Waals surface area (Å²) in [6.45, 7) is 9.44. The van der Waals surface area contributed by atoms with Crippen LogP contribution in [-0.4, -0.2) is 41.4 Å². The van der Waals surface area contributed by atoms with E-state index in [-0.39, 0.29) is 12.0 Å². The lowest BCUT2D eigenvalue weighted by Gasteiger charge is -2.26. The van der Waals surface area contributed by atoms with Crippen LogP contribution in [0.15, 0.2) is 30.3 Å². The molecule has 1 amide bonds. The number of hydrogen-bond donors (Lipinski definition) is 3. The van der Waals surface area contributed by atoms with Gasteiger partial charge in [0.2, 0.25) is 0 Å². The van der Waals surface area contributed by atoms with Crippen molar-refractivity contribution in [2.75, 3.05) is 6.54 Å². The standard InChI is InChI=1S/C19H30N2O4/c1-13(2)16(17(22)23)20-12-15(11-14-9-7-6-8-10-14)21-18(24)25-19(3,4)5/h6-10,13,15-16,20H,11-12H2,1-5H3,(H,21,24)(H,22,23). The number of carboxylic acid groups (broad SMARTS) is 1. The fraction of sp³-hybridized carbons (Fsp3) is 0.579. The monoisotopic (exact) mass is 350 g/mol. The summed E-state index contributed by atoms with van der Waals surface area (Å²) in [5.74, 6) is -0.956. The van der Waals surface area contributed by atoms with Gasteiger partial charge < -0.3 is 20.5 Å². The minimum Gasteiger partial charge on any atom is -0.480 e. The van der Waals surface area contributed by atoms with Gasteiger partial charge in [-0.05, 0) is 38.7 Å². The number of ether oxygens (including phenoxy) is 1. The summed E-state index contributed by atoms with van der Waals surface area (Å²) in [7, 11) is 0. The molecule has 1 aromatic carbocycles. The number of rotatable bonds is 8. The average Bonchev–Trinajstić information content (AvgIpc) is 2.45. The number of amides is 1. The number of carboxylic acids is 1. The molecular formula is C19H30N2O4. The molecule has 0 bridgehead atoms. The number of carbonyl (C=O) groups excluding carboxylic acids is 1. The van der Waals surface area contributed by atoms with E-state index in [2.05, 4.69) is 10.6 Å². The second-order valence-electron chi connectivity index (χ2n) is 7.50. The van der Waals surface area contributed by atoms with E-state index in [0.717, 1.165) is 5.56 Å². The van der Waals surface area contributed by atoms with Crippen molar-refractivity contribution in [1.82, 2.24) is 10.6 Å². The first-order valence-electron chi connectivity index (χ1n) is 8.58. The highest BCUT2D eigenvalue weighted by molar-refractivity contribution is 5.73. The first-order chi connectivity index (χ1) is 11.6. The number of carbonyl (C=O) groups is 2. The molecule has 6 heteroatoms. The van der Waals surface area contributed by atoms with Crippen molar-refractivity contribution in [3.63, 3.8) is 0 Å². The fourth-order valence-electron chi connectivity index (χ4n) is 2.42. The van der Waals surface area contributed by atoms with Gasteiger partial charge >= 0.3 is 12.1 Å². The lowest BCUT2D eigenvalue weighted by Crippen LogP contribution is -2.50. The van der Waals surface area contributed by atoms with E-state index in [0.29, 0.717) is 13.0 Å². The Balaban J connectivity index is 2.76. The molecular weight excluding hydrogens is 320 g/mol. The molecule has 3 N–H and O–H groups in total. The molecule has 6 nitrogen and oxygen atoms in total. The van der Waals surface area contributed by atoms with E-state index in [1.807, 2.05) is 44.2 Å². The van der Waals surface area contributed by atoms with Crippen LogP contribution >= 0.6 is 0 Å². The number of nitrogens with one attached hydrogen (secondary N) is 2. The Bertz CT molecular complexity index is 552. The second kappa shape index (κ2) is 9.42. The zero-order valence-electron chi connectivity index (χ0n) is 15.7. The van der Waals surface area contributed by atoms with Crippen molar-refractivity contribution in [3.8, 4) is 0 Å². The Morgan fingerprint density at radius 3 is 2.24 bits per heavy atom. The van der Waals surface area contributed by atoms with Crippen LogP contribution in [0.25, 0.3) is 0 Å². The minimum atomic E-state index is -0.897. The highest BCUT2D eigenvalue weighted by Gasteiger charge is 2.24. The number of benzene rings is 1. The molecule has 0 aliphatic rings. The summed E-state index contributed by atoms with van der Waals surface area (Å²) < 4.78 is 5.31. The van der Waals surface area contributed by atoms with E-state index < -0.39 is 23.7 Å². The van der Waals surface area contributed by atoms with Gasteiger partial charge in [-0.15, -0.1) is 0 Å². The molecule has 0 heterocycles. The average molecular weight is 350 g/mol. The van der Waals surface area contributed by atoms with E-state index >= 15 is 0 Å². The number of alkyl carbamates (subject to hydrolysis) is 1. The molecule has 0 fully saturated rings. The lowest BCUT2D eigenvalue weighted by molar-refractivity contribution is -0.140. The molecule has 0 saturated heterocycles. The highest BCUT2D eigenvalue weighted by Crippen LogP contribution is 2.09. The second-order valence-corrected chi connectivity index (χ2v) is 7.50. The predicted octanol–water partition coefficient (Wildman–Crippen LogP) is 2.82. The highest BCUT2D eigenvalue weighted by atomic mass is 16.6. The summed E-state index contributed by atoms with van der Waals surface area (Å²) >= 11 is 0. The smallest absolute Gasteiger partial charge is 0.407 e. The van der Waals surface area contributed by atoms with Gasteiger partial charge in [-0.2, -0.15) is 0 Å². The number of hydrogen-bond acceptors (Lipinski definition) is 4. The van der Waals surface area contributed by atoms with Crippen LogP contribution in [0.4, 0.5) is 4.79 Å². The third kappa shape index (κ3) is 8.54. The first kappa shape index (κ1) is 21.0. The molecule has 0 aromatic heterocycles. The topological polar surface area (TPSA) is 87.7 Å². The van der Waals surface area contributed by atoms with Crippen LogP contribution in [0.5, 0.6) is 0 Å². The Kier molecular flexibility index (Phi) is 7.90. The van der Waals surface area contributed by atoms with Gasteiger partial charge in [0, 0.05) is 12.6 Å². The van der Waals surface area contributed by atoms with Gasteiger partial charge in [0.15, 0.2) is 0 Å². The molecule has 1 aromatic rings. The largest absolute Gasteiger partial charge is 0.480 e. The quantitative estimate of drug-likeness (QED) is 0.671. The van der Waals surface area contributed by atoms with Crippen LogP contribution < -0.4 is 10.6 Å². The molecule has 140 valence electrons. The molecule has 2 atom stereocenters. The molecule has 0 aliphatic heterocycles. The summed E-state index contributed by atoms with van der Waals surface area (Å²) in [6.07, 6.45) is 0.0731. The van der Waals surface area contributed by atoms with Gasteiger partial charge in [-0.1, -0.05) is 44.2 Å². The Morgan fingerprint density at radius 1 is 1.16 bits per heavy atom. The van der Waals surface area contributed by atoms with Gasteiger partial charge in [-0.25, -0.2) is 4.79 Å². The van der Waals surface area contributed by atoms with Gasteiger partial charge in [0.1, 0.15) is 11.6 Å². The van der Waals surface area contributed by atoms with Crippen molar-refractivity contribution in [2.45, 2.75) is 58.7 Å². The van der Waals surface area contributed by atoms with Gasteiger partial charge in [0.05, 0.1) is 0 Å². The Labute approximate surface area is 150 Å². The van der Waals surface area contributed by atoms with Crippen LogP contribution in [0, 0.1) is 5.92 Å². The maximum absolute atomic E-state index is 12.1. The Morgan fingerprint density at radius 2 is 1.76 bits per heavy atom. The SMILES string of the molecule is CC(C)C(NCC(Cc1ccccc1)NC(=O)OC(C)(C)C)C(=O)O. The van der Waals surface area contributed by atoms with Gasteiger partial charge in [-0.3, -0.25) is 4.79 Å². The van der Waals surface area contributed by atoms with E-state index in [4.69, 9.17) is 4.74 Å². The summed E-state index contributed by atoms with van der Waals surface area (Å²) in [6, 6.07) is 8.79. The molecule has 0 spiro atoms. The van der Waals surface area contributed by atoms with Crippen LogP contribution in [-0.2, 0) is 16.0 Å². The van der Waals surface area contributed by atoms with Crippen molar-refractivity contribution >= 4 is 12.1 Å². The fourth-order valence-corrected chi connectivity index (χ4v) is 2.42. The summed E-state index contributed by atoms with van der Waals surface area (Å²) in [5, 5.41) is 15.2. The van der Waals surface area contributed by atoms with E-state index in [1.165, 1.54) is 0 Å². The molecule has 0 radical (unpaired) electrons. The van der Waals surface area contributed by atoms with Gasteiger partial charge in [0.25, 0.3) is 0 Å². The normalized spacial score (nSPS) is 14.0. The molecule has 0 saturated carbocycles. The number of aliphatic carboxylic acids is 1. The summed E-state index contributed by atoms with van der Waals surface area (Å²) in [5.41, 5.74) is 0.470. The summed E-state index contributed by atoms with van der Waals surface area (Å²) in [4.78, 5) is 23.4. The maximum Gasteiger partial charge on any atom is 0.407 e. The van der Waals surface area contributed by atoms with Crippen molar-refractivity contribution < 1.29 is 19.4 Å². The van der Waals surface area contributed by atoms with Crippen LogP contribution in [0.2, 0.25) is 0 Å². The van der Waals surface area contributed by atoms with Crippen LogP contribution in [0.3, 0.4) is 0 Å². The zero-order valence-corrected chi connectivity index (χ0v) is 15.7. The van der Waals surface area contributed by atoms with Crippen molar-refractivity contribution in [2.24, 2.45) is 5.92 Å². The third-order valence-corrected chi connectivity index (χ3v) is 3.56. The molecule has 1 rings (SSSR count). The van der Waals surface area contributed by atoms with E-state index in [1.54, 1.807) is 20.8 Å². The first-order valence-corrected chi connectivity index (χ1v) is 8.58. The van der Waals surface area contributed by atoms with Crippen molar-refractivity contribution in [1.29, 1.82) is 0 Å².